The van der Waals surface area contributed by atoms with E-state index in [1.807, 2.05) is 6.07 Å². The first-order chi connectivity index (χ1) is 19.4. The molecule has 210 valence electrons. The van der Waals surface area contributed by atoms with Gasteiger partial charge in [0.15, 0.2) is 9.84 Å². The number of rotatable bonds is 7. The van der Waals surface area contributed by atoms with Crippen molar-refractivity contribution >= 4 is 21.6 Å². The maximum Gasteiger partial charge on any atom is 0.416 e. The largest absolute Gasteiger partial charge is 0.497 e. The van der Waals surface area contributed by atoms with Crippen LogP contribution in [0.2, 0.25) is 0 Å². The summed E-state index contributed by atoms with van der Waals surface area (Å²) in [6.07, 6.45) is -4.53. The Hall–Kier alpha value is -4.81. The molecule has 1 aliphatic rings. The molecule has 1 N–H and O–H groups in total. The summed E-state index contributed by atoms with van der Waals surface area (Å²) in [5, 5.41) is 12.0. The zero-order valence-electron chi connectivity index (χ0n) is 21.9. The lowest BCUT2D eigenvalue weighted by Crippen LogP contribution is -2.46. The number of hydrogen-bond donors (Lipinski definition) is 1. The van der Waals surface area contributed by atoms with Crippen molar-refractivity contribution in [3.63, 3.8) is 0 Å². The number of nitrogens with one attached hydrogen (secondary N) is 1. The first kappa shape index (κ1) is 29.2. The fourth-order valence-electron chi connectivity index (χ4n) is 4.54. The Balaban J connectivity index is 1.77. The van der Waals surface area contributed by atoms with Crippen molar-refractivity contribution in [1.29, 1.82) is 5.26 Å². The second kappa shape index (κ2) is 11.4. The number of carbonyl (C=O) groups excluding carboxylic acids is 1. The summed E-state index contributed by atoms with van der Waals surface area (Å²) in [5.41, 5.74) is -0.304. The summed E-state index contributed by atoms with van der Waals surface area (Å²) in [5.74, 6) is 0.222. The summed E-state index contributed by atoms with van der Waals surface area (Å²) < 4.78 is 72.3. The number of nitrogens with zero attached hydrogens (tertiary/aromatic N) is 3. The van der Waals surface area contributed by atoms with E-state index < -0.39 is 33.6 Å². The molecule has 0 spiro atoms. The van der Waals surface area contributed by atoms with Crippen LogP contribution in [0, 0.1) is 17.9 Å². The van der Waals surface area contributed by atoms with Gasteiger partial charge in [0.25, 0.3) is 0 Å². The predicted octanol–water partition coefficient (Wildman–Crippen LogP) is 6.02. The summed E-state index contributed by atoms with van der Waals surface area (Å²) in [4.78, 5) is 17.5. The van der Waals surface area contributed by atoms with E-state index in [1.54, 1.807) is 24.3 Å². The standard InChI is InChI=1S/C29H23F3N4O4S/c1-18-26(34-2)27(35-28(37)36(18)22-8-5-7-21(16-22)29(30,31)32)24-11-10-20(17-33)15-25(24)41(38,39)13-12-19-6-4-9-23(14-19)40-3/h4-11,14-16,27H,12-13H2,1,3H3,(H,35,37)/t27-/m1/s1. The Morgan fingerprint density at radius 2 is 1.85 bits per heavy atom. The molecule has 0 fully saturated rings. The third kappa shape index (κ3) is 6.03. The minimum atomic E-state index is -4.65. The van der Waals surface area contributed by atoms with Gasteiger partial charge in [0.2, 0.25) is 5.70 Å². The third-order valence-electron chi connectivity index (χ3n) is 6.58. The van der Waals surface area contributed by atoms with E-state index in [2.05, 4.69) is 10.2 Å². The van der Waals surface area contributed by atoms with Gasteiger partial charge >= 0.3 is 12.2 Å². The first-order valence-electron chi connectivity index (χ1n) is 12.2. The van der Waals surface area contributed by atoms with Crippen LogP contribution >= 0.6 is 0 Å². The maximum absolute atomic E-state index is 13.6. The van der Waals surface area contributed by atoms with Crippen LogP contribution in [0.3, 0.4) is 0 Å². The number of sulfone groups is 1. The molecule has 1 atom stereocenters. The lowest BCUT2D eigenvalue weighted by Gasteiger charge is -2.34. The third-order valence-corrected chi connectivity index (χ3v) is 8.35. The van der Waals surface area contributed by atoms with Gasteiger partial charge in [-0.3, -0.25) is 4.90 Å². The number of methoxy groups -OCH3 is 1. The van der Waals surface area contributed by atoms with Crippen molar-refractivity contribution in [3.8, 4) is 11.8 Å². The lowest BCUT2D eigenvalue weighted by molar-refractivity contribution is -0.137. The smallest absolute Gasteiger partial charge is 0.416 e. The van der Waals surface area contributed by atoms with E-state index in [1.165, 1.54) is 38.3 Å². The van der Waals surface area contributed by atoms with E-state index in [4.69, 9.17) is 11.3 Å². The number of halogens is 3. The fourth-order valence-corrected chi connectivity index (χ4v) is 6.11. The molecule has 0 aliphatic carbocycles. The van der Waals surface area contributed by atoms with E-state index in [0.29, 0.717) is 11.3 Å². The zero-order valence-corrected chi connectivity index (χ0v) is 22.7. The van der Waals surface area contributed by atoms with Crippen LogP contribution in [-0.2, 0) is 22.4 Å². The van der Waals surface area contributed by atoms with Crippen molar-refractivity contribution in [2.75, 3.05) is 17.8 Å². The Morgan fingerprint density at radius 1 is 1.12 bits per heavy atom. The Bertz CT molecular complexity index is 1740. The molecule has 0 aromatic heterocycles. The molecule has 0 unspecified atom stereocenters. The second-order valence-electron chi connectivity index (χ2n) is 9.13. The molecule has 1 heterocycles. The summed E-state index contributed by atoms with van der Waals surface area (Å²) in [6.45, 7) is 9.20. The SMILES string of the molecule is [C-]#[N+]C1=C(C)N(c2cccc(C(F)(F)F)c2)C(=O)N[C@@H]1c1ccc(C#N)cc1S(=O)(=O)CCc1cccc(OC)c1. The van der Waals surface area contributed by atoms with Crippen LogP contribution in [0.15, 0.2) is 83.0 Å². The normalized spacial score (nSPS) is 15.6. The number of benzene rings is 3. The van der Waals surface area contributed by atoms with Gasteiger partial charge in [-0.25, -0.2) is 18.1 Å². The number of carbonyl (C=O) groups is 1. The highest BCUT2D eigenvalue weighted by Crippen LogP contribution is 2.39. The van der Waals surface area contributed by atoms with Gasteiger partial charge in [-0.15, -0.1) is 0 Å². The molecular weight excluding hydrogens is 557 g/mol. The molecule has 0 saturated carbocycles. The fraction of sp³-hybridized carbons (Fsp3) is 0.207. The Morgan fingerprint density at radius 3 is 2.51 bits per heavy atom. The van der Waals surface area contributed by atoms with Gasteiger partial charge < -0.3 is 10.1 Å². The number of aryl methyl sites for hydroxylation is 1. The molecular formula is C29H23F3N4O4S. The van der Waals surface area contributed by atoms with Crippen LogP contribution in [0.1, 0.15) is 35.2 Å². The van der Waals surface area contributed by atoms with E-state index in [0.717, 1.165) is 23.1 Å². The highest BCUT2D eigenvalue weighted by Gasteiger charge is 2.38. The quantitative estimate of drug-likeness (QED) is 0.344. The monoisotopic (exact) mass is 580 g/mol. The summed E-state index contributed by atoms with van der Waals surface area (Å²) >= 11 is 0. The van der Waals surface area contributed by atoms with E-state index in [-0.39, 0.29) is 45.3 Å². The second-order valence-corrected chi connectivity index (χ2v) is 11.2. The number of nitriles is 1. The van der Waals surface area contributed by atoms with Crippen molar-refractivity contribution in [2.45, 2.75) is 30.5 Å². The number of anilines is 1. The van der Waals surface area contributed by atoms with Gasteiger partial charge in [-0.2, -0.15) is 18.4 Å². The number of allylic oxidation sites excluding steroid dienone is 1. The van der Waals surface area contributed by atoms with Crippen molar-refractivity contribution < 1.29 is 31.1 Å². The van der Waals surface area contributed by atoms with Gasteiger partial charge in [-0.05, 0) is 66.9 Å². The number of amides is 2. The minimum Gasteiger partial charge on any atom is -0.497 e. The molecule has 0 radical (unpaired) electrons. The molecule has 8 nitrogen and oxygen atoms in total. The highest BCUT2D eigenvalue weighted by molar-refractivity contribution is 7.91. The molecule has 3 aromatic carbocycles. The molecule has 0 bridgehead atoms. The molecule has 3 aromatic rings. The molecule has 41 heavy (non-hydrogen) atoms. The van der Waals surface area contributed by atoms with Crippen molar-refractivity contribution in [1.82, 2.24) is 5.32 Å². The van der Waals surface area contributed by atoms with Gasteiger partial charge in [0, 0.05) is 11.4 Å². The van der Waals surface area contributed by atoms with E-state index >= 15 is 0 Å². The average Bonchev–Trinajstić information content (AvgIpc) is 2.95. The zero-order chi connectivity index (χ0) is 29.9. The molecule has 2 amide bonds. The van der Waals surface area contributed by atoms with Crippen LogP contribution in [0.25, 0.3) is 4.85 Å². The van der Waals surface area contributed by atoms with Gasteiger partial charge in [-0.1, -0.05) is 24.3 Å². The van der Waals surface area contributed by atoms with Crippen molar-refractivity contribution in [2.24, 2.45) is 0 Å². The highest BCUT2D eigenvalue weighted by atomic mass is 32.2. The van der Waals surface area contributed by atoms with E-state index in [9.17, 15) is 31.6 Å². The molecule has 4 rings (SSSR count). The molecule has 12 heteroatoms. The van der Waals surface area contributed by atoms with Crippen LogP contribution in [0.5, 0.6) is 5.75 Å². The predicted molar refractivity (Wildman–Crippen MR) is 144 cm³/mol. The number of urea groups is 1. The summed E-state index contributed by atoms with van der Waals surface area (Å²) in [6, 6.07) is 14.8. The van der Waals surface area contributed by atoms with Crippen molar-refractivity contribution in [3.05, 3.63) is 112 Å². The topological polar surface area (TPSA) is 104 Å². The van der Waals surface area contributed by atoms with Crippen LogP contribution in [-0.4, -0.2) is 27.3 Å². The van der Waals surface area contributed by atoms with Crippen LogP contribution in [0.4, 0.5) is 23.7 Å². The summed E-state index contributed by atoms with van der Waals surface area (Å²) in [7, 11) is -2.56. The number of ether oxygens (including phenoxy) is 1. The minimum absolute atomic E-state index is 0.0390. The maximum atomic E-state index is 13.6. The Kier molecular flexibility index (Phi) is 8.08. The van der Waals surface area contributed by atoms with Crippen LogP contribution < -0.4 is 15.0 Å². The van der Waals surface area contributed by atoms with Gasteiger partial charge in [0.1, 0.15) is 5.75 Å². The number of alkyl halides is 3. The average molecular weight is 581 g/mol. The molecule has 0 saturated heterocycles. The van der Waals surface area contributed by atoms with Gasteiger partial charge in [0.05, 0.1) is 47.6 Å². The number of hydrogen-bond acceptors (Lipinski definition) is 5. The Labute approximate surface area is 235 Å². The molecule has 1 aliphatic heterocycles. The lowest BCUT2D eigenvalue weighted by atomic mass is 9.99. The first-order valence-corrected chi connectivity index (χ1v) is 13.8.